The van der Waals surface area contributed by atoms with Crippen molar-refractivity contribution in [2.75, 3.05) is 13.2 Å². The van der Waals surface area contributed by atoms with Crippen molar-refractivity contribution < 1.29 is 48.2 Å². The van der Waals surface area contributed by atoms with Gasteiger partial charge in [-0.05, 0) is 50.2 Å². The van der Waals surface area contributed by atoms with Crippen molar-refractivity contribution in [3.05, 3.63) is 59.2 Å². The van der Waals surface area contributed by atoms with E-state index in [4.69, 9.17) is 18.9 Å². The molecule has 10 heteroatoms. The van der Waals surface area contributed by atoms with Crippen LogP contribution in [0.2, 0.25) is 0 Å². The van der Waals surface area contributed by atoms with Crippen LogP contribution in [0.25, 0.3) is 0 Å². The Labute approximate surface area is 189 Å². The maximum Gasteiger partial charge on any atom is 0.164 e. The first-order chi connectivity index (χ1) is 15.6. The molecule has 1 heterocycles. The molecule has 0 saturated carbocycles. The lowest BCUT2D eigenvalue weighted by Crippen LogP contribution is -2.45. The Morgan fingerprint density at radius 2 is 1.21 bits per heavy atom. The molecule has 8 nitrogen and oxygen atoms in total. The second kappa shape index (κ2) is 10.7. The van der Waals surface area contributed by atoms with Gasteiger partial charge < -0.3 is 39.4 Å². The second-order valence-corrected chi connectivity index (χ2v) is 8.28. The number of aliphatic hydroxyl groups is 2. The summed E-state index contributed by atoms with van der Waals surface area (Å²) in [7, 11) is 0. The largest absolute Gasteiger partial charge is 0.508 e. The number of phenols is 2. The van der Waals surface area contributed by atoms with Gasteiger partial charge in [0.2, 0.25) is 0 Å². The Bertz CT molecular complexity index is 865. The first kappa shape index (κ1) is 25.3. The lowest BCUT2D eigenvalue weighted by molar-refractivity contribution is -0.165. The molecule has 4 atom stereocenters. The standard InChI is InChI=1S/C23H28F2O8/c1-23(2)32-21(19(28)11-30-9-13-7-15(24)3-5-17(13)26)22(33-23)20(29)12-31-10-14-8-16(25)4-6-18(14)27/h3-8,19-22,26-29H,9-12H2,1-2H3/t19-,20-,21-,22-/m1/s1. The topological polar surface area (TPSA) is 118 Å². The van der Waals surface area contributed by atoms with E-state index in [0.717, 1.165) is 24.3 Å². The highest BCUT2D eigenvalue weighted by molar-refractivity contribution is 5.32. The number of hydrogen-bond acceptors (Lipinski definition) is 8. The van der Waals surface area contributed by atoms with E-state index in [1.807, 2.05) is 0 Å². The van der Waals surface area contributed by atoms with Crippen LogP contribution >= 0.6 is 0 Å². The molecule has 182 valence electrons. The quantitative estimate of drug-likeness (QED) is 0.418. The van der Waals surface area contributed by atoms with Crippen LogP contribution in [0.3, 0.4) is 0 Å². The van der Waals surface area contributed by atoms with Crippen LogP contribution < -0.4 is 0 Å². The highest BCUT2D eigenvalue weighted by Crippen LogP contribution is 2.32. The van der Waals surface area contributed by atoms with E-state index in [2.05, 4.69) is 0 Å². The molecule has 0 bridgehead atoms. The summed E-state index contributed by atoms with van der Waals surface area (Å²) in [6, 6.07) is 6.89. The molecule has 1 aliphatic heterocycles. The summed E-state index contributed by atoms with van der Waals surface area (Å²) in [5.74, 6) is -2.43. The van der Waals surface area contributed by atoms with Crippen molar-refractivity contribution in [2.45, 2.75) is 57.3 Å². The molecule has 0 aromatic heterocycles. The van der Waals surface area contributed by atoms with Gasteiger partial charge in [0.1, 0.15) is 47.5 Å². The number of aliphatic hydroxyl groups excluding tert-OH is 2. The van der Waals surface area contributed by atoms with Gasteiger partial charge in [-0.1, -0.05) is 0 Å². The summed E-state index contributed by atoms with van der Waals surface area (Å²) in [4.78, 5) is 0. The fourth-order valence-corrected chi connectivity index (χ4v) is 3.52. The molecule has 1 fully saturated rings. The Balaban J connectivity index is 1.54. The fourth-order valence-electron chi connectivity index (χ4n) is 3.52. The smallest absolute Gasteiger partial charge is 0.164 e. The molecule has 0 radical (unpaired) electrons. The molecule has 3 rings (SSSR count). The average molecular weight is 470 g/mol. The summed E-state index contributed by atoms with van der Waals surface area (Å²) in [6.45, 7) is 2.48. The third kappa shape index (κ3) is 6.83. The number of ether oxygens (including phenoxy) is 4. The van der Waals surface area contributed by atoms with Crippen LogP contribution in [0.15, 0.2) is 36.4 Å². The van der Waals surface area contributed by atoms with Crippen molar-refractivity contribution in [2.24, 2.45) is 0 Å². The second-order valence-electron chi connectivity index (χ2n) is 8.28. The van der Waals surface area contributed by atoms with E-state index in [1.165, 1.54) is 12.1 Å². The summed E-state index contributed by atoms with van der Waals surface area (Å²) in [5.41, 5.74) is 0.438. The summed E-state index contributed by atoms with van der Waals surface area (Å²) < 4.78 is 48.9. The summed E-state index contributed by atoms with van der Waals surface area (Å²) >= 11 is 0. The fraction of sp³-hybridized carbons (Fsp3) is 0.478. The van der Waals surface area contributed by atoms with Gasteiger partial charge in [0, 0.05) is 11.1 Å². The highest BCUT2D eigenvalue weighted by atomic mass is 19.1. The predicted octanol–water partition coefficient (Wildman–Crippen LogP) is 2.35. The van der Waals surface area contributed by atoms with Crippen molar-refractivity contribution in [3.8, 4) is 11.5 Å². The van der Waals surface area contributed by atoms with E-state index in [9.17, 15) is 29.2 Å². The molecule has 2 aromatic carbocycles. The molecule has 1 saturated heterocycles. The molecular formula is C23H28F2O8. The molecule has 33 heavy (non-hydrogen) atoms. The van der Waals surface area contributed by atoms with Gasteiger partial charge >= 0.3 is 0 Å². The minimum Gasteiger partial charge on any atom is -0.508 e. The molecule has 0 amide bonds. The predicted molar refractivity (Wildman–Crippen MR) is 111 cm³/mol. The highest BCUT2D eigenvalue weighted by Gasteiger charge is 2.48. The Hall–Kier alpha value is -2.34. The molecule has 0 aliphatic carbocycles. The zero-order valence-corrected chi connectivity index (χ0v) is 18.3. The first-order valence-electron chi connectivity index (χ1n) is 10.4. The van der Waals surface area contributed by atoms with Crippen LogP contribution in [0, 0.1) is 11.6 Å². The molecule has 4 N–H and O–H groups in total. The van der Waals surface area contributed by atoms with Gasteiger partial charge in [-0.25, -0.2) is 8.78 Å². The summed E-state index contributed by atoms with van der Waals surface area (Å²) in [6.07, 6.45) is -4.37. The Kier molecular flexibility index (Phi) is 8.22. The van der Waals surface area contributed by atoms with Gasteiger partial charge in [0.15, 0.2) is 5.79 Å². The maximum absolute atomic E-state index is 13.3. The monoisotopic (exact) mass is 470 g/mol. The van der Waals surface area contributed by atoms with E-state index in [-0.39, 0.29) is 49.1 Å². The molecule has 0 unspecified atom stereocenters. The molecular weight excluding hydrogens is 442 g/mol. The van der Waals surface area contributed by atoms with Gasteiger partial charge in [0.05, 0.1) is 26.4 Å². The van der Waals surface area contributed by atoms with E-state index in [0.29, 0.717) is 0 Å². The Morgan fingerprint density at radius 1 is 0.818 bits per heavy atom. The first-order valence-corrected chi connectivity index (χ1v) is 10.4. The third-order valence-corrected chi connectivity index (χ3v) is 5.10. The number of aromatic hydroxyl groups is 2. The molecule has 0 spiro atoms. The van der Waals surface area contributed by atoms with Crippen LogP contribution in [0.1, 0.15) is 25.0 Å². The SMILES string of the molecule is CC1(C)O[C@H]([C@H](O)COCc2cc(F)ccc2O)[C@@H]([C@H](O)COCc2cc(F)ccc2O)O1. The maximum atomic E-state index is 13.3. The van der Waals surface area contributed by atoms with Gasteiger partial charge in [0.25, 0.3) is 0 Å². The van der Waals surface area contributed by atoms with Crippen molar-refractivity contribution >= 4 is 0 Å². The number of rotatable bonds is 10. The van der Waals surface area contributed by atoms with Gasteiger partial charge in [-0.3, -0.25) is 0 Å². The van der Waals surface area contributed by atoms with Crippen molar-refractivity contribution in [1.82, 2.24) is 0 Å². The van der Waals surface area contributed by atoms with Crippen LogP contribution in [0.5, 0.6) is 11.5 Å². The van der Waals surface area contributed by atoms with Crippen molar-refractivity contribution in [1.29, 1.82) is 0 Å². The van der Waals surface area contributed by atoms with Gasteiger partial charge in [-0.15, -0.1) is 0 Å². The van der Waals surface area contributed by atoms with Crippen LogP contribution in [0.4, 0.5) is 8.78 Å². The number of hydrogen-bond donors (Lipinski definition) is 4. The number of halogens is 2. The van der Waals surface area contributed by atoms with E-state index < -0.39 is 41.8 Å². The average Bonchev–Trinajstić information content (AvgIpc) is 3.08. The third-order valence-electron chi connectivity index (χ3n) is 5.10. The molecule has 2 aromatic rings. The minimum absolute atomic E-state index is 0.137. The van der Waals surface area contributed by atoms with E-state index in [1.54, 1.807) is 13.8 Å². The minimum atomic E-state index is -1.21. The molecule has 1 aliphatic rings. The normalized spacial score (nSPS) is 21.8. The zero-order valence-electron chi connectivity index (χ0n) is 18.3. The Morgan fingerprint density at radius 3 is 1.61 bits per heavy atom. The zero-order chi connectivity index (χ0) is 24.2. The lowest BCUT2D eigenvalue weighted by Gasteiger charge is -2.25. The lowest BCUT2D eigenvalue weighted by atomic mass is 10.0. The number of benzene rings is 2. The number of phenolic OH excluding ortho intramolecular Hbond substituents is 2. The van der Waals surface area contributed by atoms with E-state index >= 15 is 0 Å². The van der Waals surface area contributed by atoms with Gasteiger partial charge in [-0.2, -0.15) is 0 Å². The summed E-state index contributed by atoms with van der Waals surface area (Å²) in [5, 5.41) is 40.7. The van der Waals surface area contributed by atoms with Crippen LogP contribution in [-0.2, 0) is 32.2 Å². The van der Waals surface area contributed by atoms with Crippen molar-refractivity contribution in [3.63, 3.8) is 0 Å². The van der Waals surface area contributed by atoms with Crippen LogP contribution in [-0.4, -0.2) is 63.8 Å².